The zero-order valence-electron chi connectivity index (χ0n) is 13.6. The van der Waals surface area contributed by atoms with E-state index in [0.717, 1.165) is 32.1 Å². The van der Waals surface area contributed by atoms with Gasteiger partial charge in [0.15, 0.2) is 6.54 Å². The number of aromatic nitrogens is 2. The summed E-state index contributed by atoms with van der Waals surface area (Å²) < 4.78 is 0. The third kappa shape index (κ3) is 4.44. The first-order valence-electron chi connectivity index (χ1n) is 8.01. The van der Waals surface area contributed by atoms with Gasteiger partial charge < -0.3 is 15.1 Å². The van der Waals surface area contributed by atoms with Crippen LogP contribution in [0.5, 0.6) is 0 Å². The van der Waals surface area contributed by atoms with Gasteiger partial charge in [0.1, 0.15) is 6.07 Å². The fraction of sp³-hybridized carbons (Fsp3) is 0.294. The second kappa shape index (κ2) is 7.92. The molecule has 0 radical (unpaired) electrons. The Morgan fingerprint density at radius 1 is 1.32 bits per heavy atom. The molecule has 2 heterocycles. The zero-order chi connectivity index (χ0) is 17.6. The average Bonchev–Trinajstić information content (AvgIpc) is 2.63. The monoisotopic (exact) mass is 357 g/mol. The van der Waals surface area contributed by atoms with Gasteiger partial charge in [-0.3, -0.25) is 4.79 Å². The van der Waals surface area contributed by atoms with Crippen molar-refractivity contribution in [3.8, 4) is 6.07 Å². The van der Waals surface area contributed by atoms with Crippen molar-refractivity contribution in [1.29, 1.82) is 5.26 Å². The largest absolute Gasteiger partial charge is 0.330 e. The van der Waals surface area contributed by atoms with E-state index in [1.165, 1.54) is 4.90 Å². The van der Waals surface area contributed by atoms with Crippen LogP contribution in [0, 0.1) is 11.3 Å². The number of rotatable bonds is 4. The third-order valence-electron chi connectivity index (χ3n) is 4.09. The van der Waals surface area contributed by atoms with E-state index in [1.807, 2.05) is 6.07 Å². The summed E-state index contributed by atoms with van der Waals surface area (Å²) in [6, 6.07) is 8.67. The number of hydrogen-bond donors (Lipinski definition) is 2. The van der Waals surface area contributed by atoms with E-state index in [2.05, 4.69) is 20.2 Å². The minimum absolute atomic E-state index is 0.0693. The number of benzene rings is 1. The molecule has 2 aromatic rings. The van der Waals surface area contributed by atoms with Crippen LogP contribution in [0.15, 0.2) is 36.7 Å². The normalized spacial score (nSPS) is 14.8. The minimum Gasteiger partial charge on any atom is -0.330 e. The van der Waals surface area contributed by atoms with Crippen LogP contribution in [-0.2, 0) is 4.79 Å². The quantitative estimate of drug-likeness (QED) is 0.824. The second-order valence-corrected chi connectivity index (χ2v) is 6.22. The molecule has 3 rings (SSSR count). The molecule has 1 aromatic carbocycles. The Hall–Kier alpha value is -2.69. The highest BCUT2D eigenvalue weighted by atomic mass is 35.5. The first kappa shape index (κ1) is 17.1. The molecule has 1 fully saturated rings. The summed E-state index contributed by atoms with van der Waals surface area (Å²) in [4.78, 5) is 24.1. The van der Waals surface area contributed by atoms with Gasteiger partial charge in [0.05, 0.1) is 36.8 Å². The predicted molar refractivity (Wildman–Crippen MR) is 94.6 cm³/mol. The van der Waals surface area contributed by atoms with Crippen molar-refractivity contribution in [3.63, 3.8) is 0 Å². The molecular formula is C17H18ClN6O+. The molecule has 0 bridgehead atoms. The zero-order valence-corrected chi connectivity index (χ0v) is 14.3. The van der Waals surface area contributed by atoms with E-state index in [0.29, 0.717) is 22.8 Å². The Balaban J connectivity index is 1.50. The summed E-state index contributed by atoms with van der Waals surface area (Å²) in [5, 5.41) is 12.0. The van der Waals surface area contributed by atoms with E-state index in [4.69, 9.17) is 16.9 Å². The van der Waals surface area contributed by atoms with E-state index in [-0.39, 0.29) is 5.91 Å². The maximum Gasteiger partial charge on any atom is 0.279 e. The number of hydrogen-bond acceptors (Lipinski definition) is 5. The van der Waals surface area contributed by atoms with Crippen LogP contribution in [0.4, 0.5) is 11.6 Å². The summed E-state index contributed by atoms with van der Waals surface area (Å²) in [6.07, 6.45) is 3.47. The van der Waals surface area contributed by atoms with Crippen molar-refractivity contribution >= 4 is 29.1 Å². The Labute approximate surface area is 150 Å². The lowest BCUT2D eigenvalue weighted by molar-refractivity contribution is -0.892. The molecule has 1 aliphatic rings. The number of carbonyl (C=O) groups excluding carboxylic acids is 1. The highest BCUT2D eigenvalue weighted by Crippen LogP contribution is 2.19. The van der Waals surface area contributed by atoms with Crippen molar-refractivity contribution < 1.29 is 9.69 Å². The predicted octanol–water partition coefficient (Wildman–Crippen LogP) is 0.345. The molecule has 128 valence electrons. The number of anilines is 2. The molecule has 0 atom stereocenters. The van der Waals surface area contributed by atoms with E-state index >= 15 is 0 Å². The number of nitriles is 1. The fourth-order valence-corrected chi connectivity index (χ4v) is 2.99. The molecule has 2 N–H and O–H groups in total. The molecule has 0 unspecified atom stereocenters. The smallest absolute Gasteiger partial charge is 0.279 e. The SMILES string of the molecule is N#Cc1ccc(NC(=O)C[NH+]2CCN(c3ncccn3)CC2)cc1Cl. The van der Waals surface area contributed by atoms with E-state index < -0.39 is 0 Å². The fourth-order valence-electron chi connectivity index (χ4n) is 2.77. The van der Waals surface area contributed by atoms with Gasteiger partial charge in [-0.25, -0.2) is 9.97 Å². The number of nitrogens with zero attached hydrogens (tertiary/aromatic N) is 4. The number of amides is 1. The van der Waals surface area contributed by atoms with Crippen molar-refractivity contribution in [2.45, 2.75) is 0 Å². The van der Waals surface area contributed by atoms with Crippen molar-refractivity contribution in [1.82, 2.24) is 9.97 Å². The standard InChI is InChI=1S/C17H17ClN6O/c18-15-10-14(3-2-13(15)11-19)22-16(25)12-23-6-8-24(9-7-23)17-20-4-1-5-21-17/h1-5,10H,6-9,12H2,(H,22,25)/p+1. The molecule has 0 saturated carbocycles. The summed E-state index contributed by atoms with van der Waals surface area (Å²) in [7, 11) is 0. The van der Waals surface area contributed by atoms with E-state index in [1.54, 1.807) is 36.7 Å². The molecule has 1 amide bonds. The number of halogens is 1. The Morgan fingerprint density at radius 3 is 2.68 bits per heavy atom. The minimum atomic E-state index is -0.0693. The first-order chi connectivity index (χ1) is 12.2. The van der Waals surface area contributed by atoms with Gasteiger partial charge in [-0.2, -0.15) is 5.26 Å². The lowest BCUT2D eigenvalue weighted by atomic mass is 10.2. The molecule has 0 aliphatic carbocycles. The Bertz CT molecular complexity index is 783. The molecule has 8 heteroatoms. The number of nitrogens with one attached hydrogen (secondary N) is 2. The van der Waals surface area contributed by atoms with Crippen LogP contribution in [0.2, 0.25) is 5.02 Å². The topological polar surface area (TPSA) is 86.4 Å². The lowest BCUT2D eigenvalue weighted by Crippen LogP contribution is -3.15. The number of piperazine rings is 1. The molecule has 25 heavy (non-hydrogen) atoms. The molecular weight excluding hydrogens is 340 g/mol. The Kier molecular flexibility index (Phi) is 5.43. The molecule has 1 saturated heterocycles. The summed E-state index contributed by atoms with van der Waals surface area (Å²) >= 11 is 5.98. The van der Waals surface area contributed by atoms with Gasteiger partial charge in [-0.1, -0.05) is 11.6 Å². The van der Waals surface area contributed by atoms with Crippen molar-refractivity contribution in [2.75, 3.05) is 42.9 Å². The lowest BCUT2D eigenvalue weighted by Gasteiger charge is -2.31. The van der Waals surface area contributed by atoms with Crippen LogP contribution in [0.25, 0.3) is 0 Å². The van der Waals surface area contributed by atoms with Crippen LogP contribution >= 0.6 is 11.6 Å². The molecule has 1 aromatic heterocycles. The second-order valence-electron chi connectivity index (χ2n) is 5.82. The summed E-state index contributed by atoms with van der Waals surface area (Å²) in [5.74, 6) is 0.665. The number of carbonyl (C=O) groups is 1. The average molecular weight is 358 g/mol. The molecule has 1 aliphatic heterocycles. The maximum atomic E-state index is 12.2. The molecule has 7 nitrogen and oxygen atoms in total. The van der Waals surface area contributed by atoms with E-state index in [9.17, 15) is 4.79 Å². The third-order valence-corrected chi connectivity index (χ3v) is 4.40. The molecule has 0 spiro atoms. The van der Waals surface area contributed by atoms with Crippen LogP contribution < -0.4 is 15.1 Å². The van der Waals surface area contributed by atoms with Crippen LogP contribution in [0.1, 0.15) is 5.56 Å². The highest BCUT2D eigenvalue weighted by Gasteiger charge is 2.23. The van der Waals surface area contributed by atoms with Gasteiger partial charge in [-0.15, -0.1) is 0 Å². The maximum absolute atomic E-state index is 12.2. The summed E-state index contributed by atoms with van der Waals surface area (Å²) in [6.45, 7) is 3.71. The van der Waals surface area contributed by atoms with Crippen LogP contribution in [0.3, 0.4) is 0 Å². The van der Waals surface area contributed by atoms with Crippen molar-refractivity contribution in [2.24, 2.45) is 0 Å². The summed E-state index contributed by atoms with van der Waals surface area (Å²) in [5.41, 5.74) is 0.995. The van der Waals surface area contributed by atoms with Gasteiger partial charge in [0.25, 0.3) is 5.91 Å². The van der Waals surface area contributed by atoms with Crippen molar-refractivity contribution in [3.05, 3.63) is 47.2 Å². The van der Waals surface area contributed by atoms with Gasteiger partial charge in [0, 0.05) is 18.1 Å². The number of quaternary nitrogens is 1. The Morgan fingerprint density at radius 2 is 2.04 bits per heavy atom. The van der Waals surface area contributed by atoms with Gasteiger partial charge in [0.2, 0.25) is 5.95 Å². The van der Waals surface area contributed by atoms with Crippen LogP contribution in [-0.4, -0.2) is 48.6 Å². The highest BCUT2D eigenvalue weighted by molar-refractivity contribution is 6.32. The van der Waals surface area contributed by atoms with Gasteiger partial charge >= 0.3 is 0 Å². The van der Waals surface area contributed by atoms with Gasteiger partial charge in [-0.05, 0) is 24.3 Å². The first-order valence-corrected chi connectivity index (χ1v) is 8.38.